The van der Waals surface area contributed by atoms with Crippen molar-refractivity contribution in [1.29, 1.82) is 0 Å². The van der Waals surface area contributed by atoms with Crippen LogP contribution in [0.3, 0.4) is 0 Å². The van der Waals surface area contributed by atoms with Crippen molar-refractivity contribution >= 4 is 0 Å². The van der Waals surface area contributed by atoms with Crippen molar-refractivity contribution in [2.24, 2.45) is 40.2 Å². The van der Waals surface area contributed by atoms with E-state index >= 15 is 0 Å². The topological polar surface area (TPSA) is 46.2 Å². The molecule has 0 aromatic heterocycles. The second-order valence-electron chi connectivity index (χ2n) is 9.74. The van der Waals surface area contributed by atoms with Crippen LogP contribution < -0.4 is 5.73 Å². The lowest BCUT2D eigenvalue weighted by Gasteiger charge is -2.58. The fourth-order valence-corrected chi connectivity index (χ4v) is 7.55. The Balaban J connectivity index is 1.65. The Morgan fingerprint density at radius 2 is 1.91 bits per heavy atom. The lowest BCUT2D eigenvalue weighted by atomic mass is 9.47. The van der Waals surface area contributed by atoms with E-state index in [0.717, 1.165) is 36.5 Å². The number of rotatable bonds is 1. The minimum absolute atomic E-state index is 0.0892. The molecule has 8 atom stereocenters. The molecule has 3 saturated carbocycles. The lowest BCUT2D eigenvalue weighted by Crippen LogP contribution is -2.51. The third-order valence-corrected chi connectivity index (χ3v) is 8.79. The average Bonchev–Trinajstić information content (AvgIpc) is 2.85. The van der Waals surface area contributed by atoms with Gasteiger partial charge >= 0.3 is 0 Å². The van der Waals surface area contributed by atoms with E-state index in [4.69, 9.17) is 5.73 Å². The zero-order valence-electron chi connectivity index (χ0n) is 15.2. The molecule has 4 aliphatic rings. The number of nitrogens with two attached hydrogens (primary N) is 1. The minimum atomic E-state index is -0.0892. The lowest BCUT2D eigenvalue weighted by molar-refractivity contribution is -0.0520. The third kappa shape index (κ3) is 2.20. The van der Waals surface area contributed by atoms with E-state index in [-0.39, 0.29) is 6.10 Å². The van der Waals surface area contributed by atoms with Crippen molar-refractivity contribution in [3.05, 3.63) is 11.6 Å². The number of fused-ring (bicyclic) bond motifs is 5. The van der Waals surface area contributed by atoms with E-state index in [1.165, 1.54) is 38.5 Å². The second kappa shape index (κ2) is 5.33. The van der Waals surface area contributed by atoms with Gasteiger partial charge in [0, 0.05) is 6.04 Å². The maximum absolute atomic E-state index is 10.1. The zero-order chi connectivity index (χ0) is 16.4. The van der Waals surface area contributed by atoms with Crippen LogP contribution in [0.25, 0.3) is 0 Å². The monoisotopic (exact) mass is 317 g/mol. The Bertz CT molecular complexity index is 512. The molecule has 0 unspecified atom stereocenters. The quantitative estimate of drug-likeness (QED) is 0.709. The Labute approximate surface area is 141 Å². The molecule has 0 spiro atoms. The molecule has 4 aliphatic carbocycles. The smallest absolute Gasteiger partial charge is 0.0577 e. The zero-order valence-corrected chi connectivity index (χ0v) is 15.2. The van der Waals surface area contributed by atoms with Gasteiger partial charge in [-0.3, -0.25) is 0 Å². The van der Waals surface area contributed by atoms with Crippen LogP contribution in [0.1, 0.15) is 72.1 Å². The molecule has 4 rings (SSSR count). The van der Waals surface area contributed by atoms with Gasteiger partial charge in [0.1, 0.15) is 0 Å². The molecule has 0 saturated heterocycles. The summed E-state index contributed by atoms with van der Waals surface area (Å²) >= 11 is 0. The van der Waals surface area contributed by atoms with Gasteiger partial charge in [-0.15, -0.1) is 0 Å². The van der Waals surface area contributed by atoms with Gasteiger partial charge in [0.15, 0.2) is 0 Å². The fourth-order valence-electron chi connectivity index (χ4n) is 7.55. The molecule has 0 aromatic carbocycles. The van der Waals surface area contributed by atoms with Crippen LogP contribution in [0.5, 0.6) is 0 Å². The van der Waals surface area contributed by atoms with E-state index < -0.39 is 0 Å². The van der Waals surface area contributed by atoms with Gasteiger partial charge in [0.25, 0.3) is 0 Å². The van der Waals surface area contributed by atoms with Gasteiger partial charge in [0.05, 0.1) is 6.10 Å². The molecule has 0 radical (unpaired) electrons. The van der Waals surface area contributed by atoms with Crippen LogP contribution in [-0.2, 0) is 0 Å². The summed E-state index contributed by atoms with van der Waals surface area (Å²) in [4.78, 5) is 0. The maximum atomic E-state index is 10.1. The third-order valence-electron chi connectivity index (χ3n) is 8.79. The number of hydrogen-bond donors (Lipinski definition) is 2. The first kappa shape index (κ1) is 16.1. The number of hydrogen-bond acceptors (Lipinski definition) is 2. The van der Waals surface area contributed by atoms with Gasteiger partial charge in [0.2, 0.25) is 0 Å². The molecule has 3 N–H and O–H groups in total. The highest BCUT2D eigenvalue weighted by Crippen LogP contribution is 2.66. The highest BCUT2D eigenvalue weighted by molar-refractivity contribution is 5.25. The average molecular weight is 318 g/mol. The molecule has 2 heteroatoms. The molecule has 0 heterocycles. The van der Waals surface area contributed by atoms with Crippen LogP contribution in [0.2, 0.25) is 0 Å². The summed E-state index contributed by atoms with van der Waals surface area (Å²) in [6, 6.07) is 0.344. The predicted molar refractivity (Wildman–Crippen MR) is 94.8 cm³/mol. The van der Waals surface area contributed by atoms with E-state index in [2.05, 4.69) is 26.8 Å². The van der Waals surface area contributed by atoms with E-state index in [0.29, 0.717) is 16.9 Å². The summed E-state index contributed by atoms with van der Waals surface area (Å²) < 4.78 is 0. The molecule has 0 amide bonds. The van der Waals surface area contributed by atoms with Gasteiger partial charge in [-0.1, -0.05) is 25.5 Å². The molecule has 130 valence electrons. The molecular weight excluding hydrogens is 282 g/mol. The summed E-state index contributed by atoms with van der Waals surface area (Å²) in [6.45, 7) is 7.30. The van der Waals surface area contributed by atoms with E-state index in [9.17, 15) is 5.11 Å². The highest BCUT2D eigenvalue weighted by atomic mass is 16.3. The first-order valence-corrected chi connectivity index (χ1v) is 9.99. The standard InChI is InChI=1S/C21H35NO/c1-13(22)17-6-7-18-16-5-4-14-12-15(23)8-10-20(14,2)19(16)9-11-21(17,18)3/h4,13,15-19,23H,5-12,22H2,1-3H3/t13-,15-,16+,17+,18+,19+,20-,21+/m0/s1. The van der Waals surface area contributed by atoms with Crippen LogP contribution in [0, 0.1) is 34.5 Å². The first-order valence-electron chi connectivity index (χ1n) is 9.99. The highest BCUT2D eigenvalue weighted by Gasteiger charge is 2.58. The van der Waals surface area contributed by atoms with Crippen LogP contribution in [0.15, 0.2) is 11.6 Å². The number of aliphatic hydroxyl groups is 1. The molecule has 3 fully saturated rings. The molecule has 0 bridgehead atoms. The van der Waals surface area contributed by atoms with Crippen LogP contribution in [0.4, 0.5) is 0 Å². The van der Waals surface area contributed by atoms with Gasteiger partial charge in [-0.25, -0.2) is 0 Å². The SMILES string of the molecule is C[C@H](N)[C@H]1CC[C@@H]2[C@H]3CC=C4C[C@@H](O)CC[C@]4(C)[C@@H]3CC[C@@]21C. The summed E-state index contributed by atoms with van der Waals surface area (Å²) in [5.74, 6) is 3.31. The Morgan fingerprint density at radius 1 is 1.13 bits per heavy atom. The molecule has 0 aromatic rings. The van der Waals surface area contributed by atoms with Crippen molar-refractivity contribution in [3.8, 4) is 0 Å². The van der Waals surface area contributed by atoms with Crippen molar-refractivity contribution < 1.29 is 5.11 Å². The minimum Gasteiger partial charge on any atom is -0.393 e. The first-order chi connectivity index (χ1) is 10.9. The molecule has 23 heavy (non-hydrogen) atoms. The van der Waals surface area contributed by atoms with E-state index in [1.807, 2.05) is 0 Å². The van der Waals surface area contributed by atoms with Gasteiger partial charge in [-0.2, -0.15) is 0 Å². The molecular formula is C21H35NO. The molecule has 2 nitrogen and oxygen atoms in total. The normalized spacial score (nSPS) is 53.8. The largest absolute Gasteiger partial charge is 0.393 e. The van der Waals surface area contributed by atoms with Gasteiger partial charge < -0.3 is 10.8 Å². The number of aliphatic hydroxyl groups excluding tert-OH is 1. The van der Waals surface area contributed by atoms with E-state index in [1.54, 1.807) is 5.57 Å². The Hall–Kier alpha value is -0.340. The Kier molecular flexibility index (Phi) is 3.74. The number of allylic oxidation sites excluding steroid dienone is 1. The van der Waals surface area contributed by atoms with Crippen molar-refractivity contribution in [1.82, 2.24) is 0 Å². The van der Waals surface area contributed by atoms with Crippen LogP contribution in [-0.4, -0.2) is 17.3 Å². The predicted octanol–water partition coefficient (Wildman–Crippen LogP) is 4.27. The fraction of sp³-hybridized carbons (Fsp3) is 0.905. The summed E-state index contributed by atoms with van der Waals surface area (Å²) in [7, 11) is 0. The Morgan fingerprint density at radius 3 is 2.65 bits per heavy atom. The van der Waals surface area contributed by atoms with Crippen LogP contribution >= 0.6 is 0 Å². The summed E-state index contributed by atoms with van der Waals surface area (Å²) in [5.41, 5.74) is 8.80. The van der Waals surface area contributed by atoms with Gasteiger partial charge in [-0.05, 0) is 92.8 Å². The summed E-state index contributed by atoms with van der Waals surface area (Å²) in [5, 5.41) is 10.1. The van der Waals surface area contributed by atoms with Crippen molar-refractivity contribution in [2.45, 2.75) is 84.3 Å². The molecule has 0 aliphatic heterocycles. The van der Waals surface area contributed by atoms with Crippen molar-refractivity contribution in [2.75, 3.05) is 0 Å². The van der Waals surface area contributed by atoms with Crippen molar-refractivity contribution in [3.63, 3.8) is 0 Å². The maximum Gasteiger partial charge on any atom is 0.0577 e. The second-order valence-corrected chi connectivity index (χ2v) is 9.74. The summed E-state index contributed by atoms with van der Waals surface area (Å²) in [6.07, 6.45) is 12.3.